The minimum atomic E-state index is -0.979. The number of aliphatic hydroxyl groups is 2. The van der Waals surface area contributed by atoms with Gasteiger partial charge in [-0.15, -0.1) is 6.58 Å². The smallest absolute Gasteiger partial charge is 0.308 e. The highest BCUT2D eigenvalue weighted by molar-refractivity contribution is 5.89. The van der Waals surface area contributed by atoms with Crippen LogP contribution in [-0.4, -0.2) is 73.3 Å². The van der Waals surface area contributed by atoms with E-state index in [0.717, 1.165) is 36.0 Å². The molecule has 0 aliphatic carbocycles. The lowest BCUT2D eigenvalue weighted by molar-refractivity contribution is -0.174. The molecule has 1 amide bonds. The normalized spacial score (nSPS) is 29.2. The molecule has 9 nitrogen and oxygen atoms in total. The van der Waals surface area contributed by atoms with Crippen molar-refractivity contribution in [2.24, 2.45) is 23.7 Å². The number of carboxylic acids is 1. The third kappa shape index (κ3) is 5.66. The van der Waals surface area contributed by atoms with Crippen LogP contribution in [0.25, 0.3) is 10.9 Å². The first kappa shape index (κ1) is 29.0. The summed E-state index contributed by atoms with van der Waals surface area (Å²) in [6.07, 6.45) is 6.41. The molecule has 4 saturated heterocycles. The SMILES string of the molecule is C=C[C@H]1C[N@]2CC[C@H]1C[C@H]2[C@H](O)c1ccnc2ccccc12.CC(O)[C@H]1C(=O)N(Cc2ccco2)[C@@H]1C(C)C(=O)O. The quantitative estimate of drug-likeness (QED) is 0.279. The van der Waals surface area contributed by atoms with Crippen LogP contribution in [-0.2, 0) is 16.1 Å². The number of carbonyl (C=O) groups excluding carboxylic acids is 1. The number of piperidine rings is 3. The van der Waals surface area contributed by atoms with E-state index in [4.69, 9.17) is 9.52 Å². The van der Waals surface area contributed by atoms with Gasteiger partial charge in [0.05, 0.1) is 48.4 Å². The molecule has 7 rings (SSSR count). The first-order valence-corrected chi connectivity index (χ1v) is 14.3. The van der Waals surface area contributed by atoms with Crippen molar-refractivity contribution in [2.75, 3.05) is 13.1 Å². The number of hydrogen-bond acceptors (Lipinski definition) is 7. The van der Waals surface area contributed by atoms with Crippen molar-refractivity contribution in [3.05, 3.63) is 78.9 Å². The van der Waals surface area contributed by atoms with Gasteiger partial charge in [0.15, 0.2) is 0 Å². The third-order valence-corrected chi connectivity index (χ3v) is 9.14. The monoisotopic (exact) mass is 561 g/mol. The van der Waals surface area contributed by atoms with Gasteiger partial charge in [0.1, 0.15) is 5.76 Å². The number of rotatable bonds is 8. The van der Waals surface area contributed by atoms with Crippen molar-refractivity contribution in [3.63, 3.8) is 0 Å². The van der Waals surface area contributed by atoms with Gasteiger partial charge in [-0.1, -0.05) is 24.3 Å². The van der Waals surface area contributed by atoms with E-state index in [0.29, 0.717) is 17.6 Å². The van der Waals surface area contributed by atoms with Gasteiger partial charge >= 0.3 is 5.97 Å². The van der Waals surface area contributed by atoms with Crippen molar-refractivity contribution in [1.82, 2.24) is 14.8 Å². The Morgan fingerprint density at radius 1 is 1.20 bits per heavy atom. The van der Waals surface area contributed by atoms with Gasteiger partial charge in [0, 0.05) is 24.2 Å². The Kier molecular flexibility index (Phi) is 8.58. The van der Waals surface area contributed by atoms with E-state index in [9.17, 15) is 19.8 Å². The predicted molar refractivity (Wildman–Crippen MR) is 153 cm³/mol. The maximum Gasteiger partial charge on any atom is 0.308 e. The maximum atomic E-state index is 12.0. The van der Waals surface area contributed by atoms with Crippen LogP contribution in [0, 0.1) is 23.7 Å². The molecule has 41 heavy (non-hydrogen) atoms. The number of carboxylic acid groups (broad SMARTS) is 1. The lowest BCUT2D eigenvalue weighted by Gasteiger charge is -2.50. The fraction of sp³-hybridized carbons (Fsp3) is 0.469. The lowest BCUT2D eigenvalue weighted by atomic mass is 9.73. The Labute approximate surface area is 240 Å². The van der Waals surface area contributed by atoms with Crippen LogP contribution in [0.15, 0.2) is 72.0 Å². The number of hydrogen-bond donors (Lipinski definition) is 3. The predicted octanol–water partition coefficient (Wildman–Crippen LogP) is 3.87. The van der Waals surface area contributed by atoms with Gasteiger partial charge in [0.2, 0.25) is 5.91 Å². The molecule has 2 bridgehead atoms. The minimum absolute atomic E-state index is 0.223. The van der Waals surface area contributed by atoms with Crippen LogP contribution < -0.4 is 0 Å². The van der Waals surface area contributed by atoms with E-state index in [-0.39, 0.29) is 18.5 Å². The molecular formula is C32H39N3O6. The number of amides is 1. The summed E-state index contributed by atoms with van der Waals surface area (Å²) < 4.78 is 5.17. The van der Waals surface area contributed by atoms with Crippen LogP contribution in [0.3, 0.4) is 0 Å². The molecular weight excluding hydrogens is 522 g/mol. The summed E-state index contributed by atoms with van der Waals surface area (Å²) in [5.74, 6) is -0.730. The number of aliphatic carboxylic acids is 1. The van der Waals surface area contributed by atoms with Crippen molar-refractivity contribution >= 4 is 22.8 Å². The summed E-state index contributed by atoms with van der Waals surface area (Å²) in [6, 6.07) is 13.2. The number of nitrogens with zero attached hydrogens (tertiary/aromatic N) is 3. The Hall–Kier alpha value is -3.53. The van der Waals surface area contributed by atoms with E-state index in [1.54, 1.807) is 19.1 Å². The number of aromatic nitrogens is 1. The van der Waals surface area contributed by atoms with Gasteiger partial charge < -0.3 is 24.6 Å². The Balaban J connectivity index is 0.000000167. The highest BCUT2D eigenvalue weighted by atomic mass is 16.4. The second-order valence-corrected chi connectivity index (χ2v) is 11.5. The molecule has 1 aromatic carbocycles. The molecule has 3 N–H and O–H groups in total. The number of para-hydroxylation sites is 1. The van der Waals surface area contributed by atoms with E-state index < -0.39 is 36.1 Å². The van der Waals surface area contributed by atoms with Crippen molar-refractivity contribution in [1.29, 1.82) is 0 Å². The fourth-order valence-corrected chi connectivity index (χ4v) is 6.86. The average Bonchev–Trinajstić information content (AvgIpc) is 3.51. The second-order valence-electron chi connectivity index (χ2n) is 11.5. The first-order valence-electron chi connectivity index (χ1n) is 14.3. The van der Waals surface area contributed by atoms with Crippen LogP contribution in [0.4, 0.5) is 0 Å². The average molecular weight is 562 g/mol. The summed E-state index contributed by atoms with van der Waals surface area (Å²) in [4.78, 5) is 31.4. The molecule has 9 atom stereocenters. The second kappa shape index (κ2) is 12.1. The molecule has 4 aliphatic heterocycles. The largest absolute Gasteiger partial charge is 0.481 e. The van der Waals surface area contributed by atoms with E-state index in [1.165, 1.54) is 24.5 Å². The molecule has 9 heteroatoms. The van der Waals surface area contributed by atoms with Crippen LogP contribution >= 0.6 is 0 Å². The van der Waals surface area contributed by atoms with Crippen LogP contribution in [0.2, 0.25) is 0 Å². The molecule has 0 radical (unpaired) electrons. The van der Waals surface area contributed by atoms with Gasteiger partial charge in [-0.05, 0) is 74.9 Å². The standard InChI is InChI=1S/C19H22N2O.C13H17NO5/c1-2-13-12-21-10-8-14(13)11-18(21)19(22)16-7-9-20-17-6-4-3-5-15(16)17;1-7(13(17)18)11-10(8(2)15)12(16)14(11)6-9-4-3-5-19-9/h2-7,9,13-14,18-19,22H,1,8,10-12H2;3-5,7-8,10-11,15H,6H2,1-2H3,(H,17,18)/t13-,14-,18-,19+;7?,8?,10-,11-/m01/s1. The zero-order valence-electron chi connectivity index (χ0n) is 23.5. The molecule has 2 aromatic heterocycles. The molecule has 218 valence electrons. The molecule has 0 saturated carbocycles. The third-order valence-electron chi connectivity index (χ3n) is 9.14. The zero-order valence-corrected chi connectivity index (χ0v) is 23.5. The highest BCUT2D eigenvalue weighted by Crippen LogP contribution is 2.42. The van der Waals surface area contributed by atoms with Gasteiger partial charge in [-0.3, -0.25) is 19.5 Å². The molecule has 4 fully saturated rings. The zero-order chi connectivity index (χ0) is 29.3. The number of carbonyl (C=O) groups is 2. The number of pyridine rings is 1. The molecule has 4 aliphatic rings. The number of β-lactam (4-membered cyclic amide) rings is 1. The number of furan rings is 1. The van der Waals surface area contributed by atoms with Crippen molar-refractivity contribution < 1.29 is 29.3 Å². The topological polar surface area (TPSA) is 127 Å². The number of likely N-dealkylation sites (tertiary alicyclic amines) is 1. The number of benzene rings is 1. The van der Waals surface area contributed by atoms with Gasteiger partial charge in [-0.25, -0.2) is 0 Å². The summed E-state index contributed by atoms with van der Waals surface area (Å²) in [6.45, 7) is 9.40. The van der Waals surface area contributed by atoms with E-state index in [2.05, 4.69) is 28.6 Å². The molecule has 6 heterocycles. The summed E-state index contributed by atoms with van der Waals surface area (Å²) in [5.41, 5.74) is 1.97. The molecule has 2 unspecified atom stereocenters. The lowest BCUT2D eigenvalue weighted by Crippen LogP contribution is -2.66. The highest BCUT2D eigenvalue weighted by Gasteiger charge is 2.53. The van der Waals surface area contributed by atoms with Crippen LogP contribution in [0.1, 0.15) is 44.1 Å². The summed E-state index contributed by atoms with van der Waals surface area (Å²) in [5, 5.41) is 30.8. The Morgan fingerprint density at radius 3 is 2.61 bits per heavy atom. The number of aliphatic hydroxyl groups excluding tert-OH is 2. The molecule has 3 aromatic rings. The summed E-state index contributed by atoms with van der Waals surface area (Å²) in [7, 11) is 0. The molecule has 0 spiro atoms. The van der Waals surface area contributed by atoms with Crippen LogP contribution in [0.5, 0.6) is 0 Å². The van der Waals surface area contributed by atoms with E-state index in [1.807, 2.05) is 30.5 Å². The first-order chi connectivity index (χ1) is 19.7. The Bertz CT molecular complexity index is 1370. The van der Waals surface area contributed by atoms with E-state index >= 15 is 0 Å². The van der Waals surface area contributed by atoms with Crippen molar-refractivity contribution in [3.8, 4) is 0 Å². The van der Waals surface area contributed by atoms with Crippen molar-refractivity contribution in [2.45, 2.75) is 57.5 Å². The maximum absolute atomic E-state index is 12.0. The van der Waals surface area contributed by atoms with Gasteiger partial charge in [0.25, 0.3) is 0 Å². The summed E-state index contributed by atoms with van der Waals surface area (Å²) >= 11 is 0. The Morgan fingerprint density at radius 2 is 1.98 bits per heavy atom. The number of fused-ring (bicyclic) bond motifs is 4. The van der Waals surface area contributed by atoms with Gasteiger partial charge in [-0.2, -0.15) is 0 Å². The fourth-order valence-electron chi connectivity index (χ4n) is 6.86. The minimum Gasteiger partial charge on any atom is -0.481 e.